The Kier molecular flexibility index (Phi) is 3.83. The van der Waals surface area contributed by atoms with Crippen molar-refractivity contribution in [1.82, 2.24) is 10.1 Å². The fourth-order valence-corrected chi connectivity index (χ4v) is 2.66. The van der Waals surface area contributed by atoms with Crippen LogP contribution in [0.4, 0.5) is 0 Å². The van der Waals surface area contributed by atoms with Gasteiger partial charge in [0.1, 0.15) is 11.5 Å². The smallest absolute Gasteiger partial charge is 0.266 e. The molecule has 1 amide bonds. The lowest BCUT2D eigenvalue weighted by Gasteiger charge is -2.33. The number of ether oxygens (including phenoxy) is 1. The van der Waals surface area contributed by atoms with Crippen LogP contribution in [0.2, 0.25) is 5.02 Å². The zero-order valence-corrected chi connectivity index (χ0v) is 13.3. The van der Waals surface area contributed by atoms with Gasteiger partial charge in [-0.15, -0.1) is 0 Å². The van der Waals surface area contributed by atoms with Gasteiger partial charge in [0.2, 0.25) is 0 Å². The highest BCUT2D eigenvalue weighted by Crippen LogP contribution is 2.25. The molecule has 1 aromatic carbocycles. The summed E-state index contributed by atoms with van der Waals surface area (Å²) in [4.78, 5) is 14.5. The number of aromatic nitrogens is 1. The van der Waals surface area contributed by atoms with E-state index in [0.717, 1.165) is 11.3 Å². The fourth-order valence-electron chi connectivity index (χ4n) is 2.54. The second-order valence-electron chi connectivity index (χ2n) is 5.82. The van der Waals surface area contributed by atoms with Crippen LogP contribution < -0.4 is 4.74 Å². The Labute approximate surface area is 133 Å². The molecule has 0 N–H and O–H groups in total. The van der Waals surface area contributed by atoms with Gasteiger partial charge < -0.3 is 14.2 Å². The SMILES string of the molecule is CC(C)(Oc1ccc(Cl)cc1)C(=O)N1CCc2oncc2C1. The molecule has 0 spiro atoms. The first-order valence-electron chi connectivity index (χ1n) is 7.12. The summed E-state index contributed by atoms with van der Waals surface area (Å²) < 4.78 is 11.0. The Morgan fingerprint density at radius 3 is 2.82 bits per heavy atom. The number of hydrogen-bond donors (Lipinski definition) is 0. The molecule has 0 saturated carbocycles. The summed E-state index contributed by atoms with van der Waals surface area (Å²) in [5, 5.41) is 4.41. The van der Waals surface area contributed by atoms with Crippen LogP contribution in [0.3, 0.4) is 0 Å². The number of nitrogens with zero attached hydrogens (tertiary/aromatic N) is 2. The van der Waals surface area contributed by atoms with Gasteiger partial charge in [0.15, 0.2) is 5.60 Å². The van der Waals surface area contributed by atoms with Gasteiger partial charge in [-0.1, -0.05) is 16.8 Å². The van der Waals surface area contributed by atoms with Crippen molar-refractivity contribution in [2.24, 2.45) is 0 Å². The Morgan fingerprint density at radius 2 is 2.09 bits per heavy atom. The lowest BCUT2D eigenvalue weighted by atomic mass is 10.0. The molecule has 0 fully saturated rings. The van der Waals surface area contributed by atoms with Crippen molar-refractivity contribution in [2.45, 2.75) is 32.4 Å². The first kappa shape index (κ1) is 14.9. The predicted octanol–water partition coefficient (Wildman–Crippen LogP) is 3.07. The van der Waals surface area contributed by atoms with Crippen molar-refractivity contribution in [3.8, 4) is 5.75 Å². The molecule has 0 radical (unpaired) electrons. The number of amides is 1. The molecule has 3 rings (SSSR count). The molecule has 22 heavy (non-hydrogen) atoms. The van der Waals surface area contributed by atoms with Gasteiger partial charge in [0.25, 0.3) is 5.91 Å². The Balaban J connectivity index is 1.72. The molecule has 0 atom stereocenters. The van der Waals surface area contributed by atoms with Gasteiger partial charge >= 0.3 is 0 Å². The maximum atomic E-state index is 12.7. The minimum atomic E-state index is -0.956. The molecule has 2 heterocycles. The summed E-state index contributed by atoms with van der Waals surface area (Å²) in [6, 6.07) is 6.99. The zero-order chi connectivity index (χ0) is 15.7. The summed E-state index contributed by atoms with van der Waals surface area (Å²) in [6.07, 6.45) is 2.35. The summed E-state index contributed by atoms with van der Waals surface area (Å²) in [6.45, 7) is 4.65. The van der Waals surface area contributed by atoms with Gasteiger partial charge in [0, 0.05) is 23.6 Å². The molecule has 1 aliphatic heterocycles. The topological polar surface area (TPSA) is 55.6 Å². The first-order chi connectivity index (χ1) is 10.5. The molecule has 1 aliphatic rings. The van der Waals surface area contributed by atoms with Gasteiger partial charge in [-0.2, -0.15) is 0 Å². The molecule has 2 aromatic rings. The normalized spacial score (nSPS) is 14.6. The number of carbonyl (C=O) groups is 1. The molecule has 0 aliphatic carbocycles. The highest BCUT2D eigenvalue weighted by Gasteiger charge is 2.36. The Bertz CT molecular complexity index is 679. The predicted molar refractivity (Wildman–Crippen MR) is 81.8 cm³/mol. The van der Waals surface area contributed by atoms with Crippen LogP contribution in [-0.2, 0) is 17.8 Å². The molecule has 1 aromatic heterocycles. The standard InChI is InChI=1S/C16H17ClN2O3/c1-16(2,21-13-5-3-12(17)4-6-13)15(20)19-8-7-14-11(10-19)9-18-22-14/h3-6,9H,7-8,10H2,1-2H3. The number of carbonyl (C=O) groups excluding carboxylic acids is 1. The second-order valence-corrected chi connectivity index (χ2v) is 6.25. The third-order valence-corrected chi connectivity index (χ3v) is 3.94. The van der Waals surface area contributed by atoms with Crippen LogP contribution in [0.15, 0.2) is 35.0 Å². The van der Waals surface area contributed by atoms with Crippen LogP contribution in [0.5, 0.6) is 5.75 Å². The maximum Gasteiger partial charge on any atom is 0.266 e. The lowest BCUT2D eigenvalue weighted by Crippen LogP contribution is -2.50. The summed E-state index contributed by atoms with van der Waals surface area (Å²) >= 11 is 5.86. The molecule has 6 heteroatoms. The summed E-state index contributed by atoms with van der Waals surface area (Å²) in [5.41, 5.74) is 0.00423. The van der Waals surface area contributed by atoms with E-state index < -0.39 is 5.60 Å². The lowest BCUT2D eigenvalue weighted by molar-refractivity contribution is -0.146. The largest absolute Gasteiger partial charge is 0.478 e. The highest BCUT2D eigenvalue weighted by molar-refractivity contribution is 6.30. The van der Waals surface area contributed by atoms with Crippen molar-refractivity contribution >= 4 is 17.5 Å². The molecule has 0 saturated heterocycles. The average Bonchev–Trinajstić information content (AvgIpc) is 2.96. The maximum absolute atomic E-state index is 12.7. The fraction of sp³-hybridized carbons (Fsp3) is 0.375. The Hall–Kier alpha value is -2.01. The van der Waals surface area contributed by atoms with Crippen molar-refractivity contribution in [3.63, 3.8) is 0 Å². The number of fused-ring (bicyclic) bond motifs is 1. The van der Waals surface area contributed by atoms with Crippen LogP contribution in [0.1, 0.15) is 25.2 Å². The van der Waals surface area contributed by atoms with Crippen molar-refractivity contribution < 1.29 is 14.1 Å². The third kappa shape index (κ3) is 2.95. The third-order valence-electron chi connectivity index (χ3n) is 3.69. The molecule has 5 nitrogen and oxygen atoms in total. The number of rotatable bonds is 3. The average molecular weight is 321 g/mol. The minimum Gasteiger partial charge on any atom is -0.478 e. The molecular formula is C16H17ClN2O3. The van der Waals surface area contributed by atoms with Crippen molar-refractivity contribution in [2.75, 3.05) is 6.54 Å². The Morgan fingerprint density at radius 1 is 1.36 bits per heavy atom. The summed E-state index contributed by atoms with van der Waals surface area (Å²) in [5.74, 6) is 1.42. The second kappa shape index (κ2) is 5.65. The monoisotopic (exact) mass is 320 g/mol. The van der Waals surface area contributed by atoms with Gasteiger partial charge in [0.05, 0.1) is 12.7 Å². The van der Waals surface area contributed by atoms with E-state index in [4.69, 9.17) is 20.9 Å². The first-order valence-corrected chi connectivity index (χ1v) is 7.50. The van der Waals surface area contributed by atoms with E-state index >= 15 is 0 Å². The van der Waals surface area contributed by atoms with Crippen LogP contribution in [-0.4, -0.2) is 28.1 Å². The van der Waals surface area contributed by atoms with E-state index in [1.54, 1.807) is 49.2 Å². The number of halogens is 1. The van der Waals surface area contributed by atoms with Crippen LogP contribution in [0.25, 0.3) is 0 Å². The quantitative estimate of drug-likeness (QED) is 0.872. The zero-order valence-electron chi connectivity index (χ0n) is 12.5. The number of hydrogen-bond acceptors (Lipinski definition) is 4. The molecule has 116 valence electrons. The van der Waals surface area contributed by atoms with Crippen molar-refractivity contribution in [1.29, 1.82) is 0 Å². The van der Waals surface area contributed by atoms with E-state index in [-0.39, 0.29) is 5.91 Å². The highest BCUT2D eigenvalue weighted by atomic mass is 35.5. The molecular weight excluding hydrogens is 304 g/mol. The molecule has 0 bridgehead atoms. The number of benzene rings is 1. The minimum absolute atomic E-state index is 0.0608. The van der Waals surface area contributed by atoms with Crippen LogP contribution in [0, 0.1) is 0 Å². The molecule has 0 unspecified atom stereocenters. The van der Waals surface area contributed by atoms with E-state index in [9.17, 15) is 4.79 Å². The van der Waals surface area contributed by atoms with Crippen molar-refractivity contribution in [3.05, 3.63) is 46.8 Å². The van der Waals surface area contributed by atoms with E-state index in [0.29, 0.717) is 30.3 Å². The summed E-state index contributed by atoms with van der Waals surface area (Å²) in [7, 11) is 0. The van der Waals surface area contributed by atoms with Crippen LogP contribution >= 0.6 is 11.6 Å². The van der Waals surface area contributed by atoms with Gasteiger partial charge in [-0.3, -0.25) is 4.79 Å². The van der Waals surface area contributed by atoms with E-state index in [1.165, 1.54) is 0 Å². The van der Waals surface area contributed by atoms with Gasteiger partial charge in [-0.05, 0) is 38.1 Å². The van der Waals surface area contributed by atoms with E-state index in [1.807, 2.05) is 0 Å². The van der Waals surface area contributed by atoms with Gasteiger partial charge in [-0.25, -0.2) is 0 Å². The van der Waals surface area contributed by atoms with E-state index in [2.05, 4.69) is 5.16 Å².